The summed E-state index contributed by atoms with van der Waals surface area (Å²) in [7, 11) is 1.72. The zero-order chi connectivity index (χ0) is 10.0. The van der Waals surface area contributed by atoms with Gasteiger partial charge in [0.05, 0.1) is 0 Å². The van der Waals surface area contributed by atoms with Crippen molar-refractivity contribution >= 4 is 11.6 Å². The summed E-state index contributed by atoms with van der Waals surface area (Å²) < 4.78 is 25.9. The lowest BCUT2D eigenvalue weighted by molar-refractivity contribution is 0.567. The van der Waals surface area contributed by atoms with E-state index < -0.39 is 16.7 Å². The van der Waals surface area contributed by atoms with Crippen LogP contribution < -0.4 is 5.32 Å². The van der Waals surface area contributed by atoms with Gasteiger partial charge in [0.15, 0.2) is 0 Å². The van der Waals surface area contributed by atoms with Crippen molar-refractivity contribution in [3.63, 3.8) is 0 Å². The summed E-state index contributed by atoms with van der Waals surface area (Å²) in [6.45, 7) is 1.81. The monoisotopic (exact) mass is 205 g/mol. The molecule has 1 aromatic carbocycles. The van der Waals surface area contributed by atoms with Crippen LogP contribution in [0.4, 0.5) is 8.78 Å². The quantitative estimate of drug-likeness (QED) is 0.733. The smallest absolute Gasteiger partial charge is 0.145 e. The van der Waals surface area contributed by atoms with Gasteiger partial charge in [0, 0.05) is 6.04 Å². The Hall–Kier alpha value is -0.670. The van der Waals surface area contributed by atoms with Gasteiger partial charge in [-0.05, 0) is 31.7 Å². The van der Waals surface area contributed by atoms with Crippen molar-refractivity contribution in [1.29, 1.82) is 0 Å². The van der Waals surface area contributed by atoms with E-state index in [1.54, 1.807) is 7.05 Å². The van der Waals surface area contributed by atoms with Crippen LogP contribution in [-0.2, 0) is 0 Å². The molecule has 0 aromatic heterocycles. The van der Waals surface area contributed by atoms with E-state index in [9.17, 15) is 8.78 Å². The Kier molecular flexibility index (Phi) is 3.22. The van der Waals surface area contributed by atoms with Gasteiger partial charge in [0.2, 0.25) is 0 Å². The number of hydrogen-bond acceptors (Lipinski definition) is 1. The highest BCUT2D eigenvalue weighted by atomic mass is 35.5. The van der Waals surface area contributed by atoms with Gasteiger partial charge >= 0.3 is 0 Å². The first-order valence-electron chi connectivity index (χ1n) is 3.88. The third kappa shape index (κ3) is 2.17. The molecule has 0 heterocycles. The van der Waals surface area contributed by atoms with Crippen LogP contribution in [0.5, 0.6) is 0 Å². The number of rotatable bonds is 2. The summed E-state index contributed by atoms with van der Waals surface area (Å²) in [6, 6.07) is 2.36. The highest BCUT2D eigenvalue weighted by Gasteiger charge is 2.11. The van der Waals surface area contributed by atoms with Crippen molar-refractivity contribution in [3.8, 4) is 0 Å². The van der Waals surface area contributed by atoms with E-state index in [-0.39, 0.29) is 6.04 Å². The first-order valence-corrected chi connectivity index (χ1v) is 4.25. The molecule has 1 nitrogen and oxygen atoms in total. The third-order valence-electron chi connectivity index (χ3n) is 1.94. The molecule has 1 unspecified atom stereocenters. The van der Waals surface area contributed by atoms with Crippen LogP contribution in [0, 0.1) is 11.6 Å². The lowest BCUT2D eigenvalue weighted by atomic mass is 10.1. The minimum Gasteiger partial charge on any atom is -0.313 e. The maximum atomic E-state index is 12.9. The molecule has 1 rings (SSSR count). The molecule has 0 radical (unpaired) electrons. The van der Waals surface area contributed by atoms with Gasteiger partial charge in [0.25, 0.3) is 0 Å². The Labute approximate surface area is 80.7 Å². The molecule has 0 spiro atoms. The summed E-state index contributed by atoms with van der Waals surface area (Å²) >= 11 is 5.33. The van der Waals surface area contributed by atoms with Gasteiger partial charge in [-0.3, -0.25) is 0 Å². The van der Waals surface area contributed by atoms with Gasteiger partial charge < -0.3 is 5.32 Å². The number of halogens is 3. The molecule has 0 aliphatic rings. The molecular weight excluding hydrogens is 196 g/mol. The van der Waals surface area contributed by atoms with Crippen molar-refractivity contribution in [2.24, 2.45) is 0 Å². The molecule has 4 heteroatoms. The third-order valence-corrected chi connectivity index (χ3v) is 2.30. The van der Waals surface area contributed by atoms with Crippen LogP contribution in [0.1, 0.15) is 18.5 Å². The zero-order valence-electron chi connectivity index (χ0n) is 7.37. The van der Waals surface area contributed by atoms with E-state index in [0.717, 1.165) is 0 Å². The molecular formula is C9H10ClF2N. The van der Waals surface area contributed by atoms with E-state index in [2.05, 4.69) is 5.32 Å². The second-order valence-corrected chi connectivity index (χ2v) is 3.19. The Bertz CT molecular complexity index is 291. The number of nitrogens with one attached hydrogen (secondary N) is 1. The molecule has 72 valence electrons. The molecule has 1 N–H and O–H groups in total. The van der Waals surface area contributed by atoms with Gasteiger partial charge in [-0.15, -0.1) is 0 Å². The maximum Gasteiger partial charge on any atom is 0.145 e. The minimum atomic E-state index is -0.723. The summed E-state index contributed by atoms with van der Waals surface area (Å²) in [5, 5.41) is 2.43. The van der Waals surface area contributed by atoms with Crippen molar-refractivity contribution < 1.29 is 8.78 Å². The highest BCUT2D eigenvalue weighted by Crippen LogP contribution is 2.23. The van der Waals surface area contributed by atoms with Crippen molar-refractivity contribution in [2.75, 3.05) is 7.05 Å². The fourth-order valence-electron chi connectivity index (χ4n) is 0.992. The van der Waals surface area contributed by atoms with Crippen molar-refractivity contribution in [1.82, 2.24) is 5.32 Å². The molecule has 0 saturated carbocycles. The Balaban J connectivity index is 3.13. The van der Waals surface area contributed by atoms with Gasteiger partial charge in [-0.2, -0.15) is 0 Å². The molecule has 0 fully saturated rings. The van der Waals surface area contributed by atoms with Gasteiger partial charge in [-0.25, -0.2) is 8.78 Å². The zero-order valence-corrected chi connectivity index (χ0v) is 8.12. The normalized spacial score (nSPS) is 13.0. The highest BCUT2D eigenvalue weighted by molar-refractivity contribution is 6.30. The summed E-state index contributed by atoms with van der Waals surface area (Å²) in [5.41, 5.74) is 0.543. The van der Waals surface area contributed by atoms with Crippen LogP contribution in [-0.4, -0.2) is 7.05 Å². The van der Waals surface area contributed by atoms with E-state index in [1.807, 2.05) is 6.92 Å². The van der Waals surface area contributed by atoms with Crippen LogP contribution >= 0.6 is 11.6 Å². The van der Waals surface area contributed by atoms with Crippen molar-refractivity contribution in [2.45, 2.75) is 13.0 Å². The molecule has 1 atom stereocenters. The van der Waals surface area contributed by atoms with E-state index in [1.165, 1.54) is 12.1 Å². The maximum absolute atomic E-state index is 12.9. The molecule has 0 amide bonds. The van der Waals surface area contributed by atoms with E-state index >= 15 is 0 Å². The molecule has 0 aliphatic heterocycles. The molecule has 1 aromatic rings. The minimum absolute atomic E-state index is 0.0960. The molecule has 0 bridgehead atoms. The predicted molar refractivity (Wildman–Crippen MR) is 48.8 cm³/mol. The fraction of sp³-hybridized carbons (Fsp3) is 0.333. The first kappa shape index (κ1) is 10.4. The second kappa shape index (κ2) is 4.03. The predicted octanol–water partition coefficient (Wildman–Crippen LogP) is 2.90. The molecule has 0 aliphatic carbocycles. The molecule has 13 heavy (non-hydrogen) atoms. The summed E-state index contributed by atoms with van der Waals surface area (Å²) in [4.78, 5) is 0. The average molecular weight is 206 g/mol. The summed E-state index contributed by atoms with van der Waals surface area (Å²) in [6.07, 6.45) is 0. The van der Waals surface area contributed by atoms with Gasteiger partial charge in [-0.1, -0.05) is 11.6 Å². The topological polar surface area (TPSA) is 12.0 Å². The first-order chi connectivity index (χ1) is 6.06. The van der Waals surface area contributed by atoms with Crippen LogP contribution in [0.2, 0.25) is 5.02 Å². The van der Waals surface area contributed by atoms with E-state index in [0.29, 0.717) is 5.56 Å². The standard InChI is InChI=1S/C9H10ClF2N/c1-5(13-2)6-3-7(11)9(10)8(12)4-6/h3-5,13H,1-2H3. The Morgan fingerprint density at radius 3 is 2.15 bits per heavy atom. The SMILES string of the molecule is CNC(C)c1cc(F)c(Cl)c(F)c1. The lowest BCUT2D eigenvalue weighted by Gasteiger charge is -2.11. The summed E-state index contributed by atoms with van der Waals surface area (Å²) in [5.74, 6) is -1.45. The van der Waals surface area contributed by atoms with Crippen LogP contribution in [0.3, 0.4) is 0 Å². The van der Waals surface area contributed by atoms with Gasteiger partial charge in [0.1, 0.15) is 16.7 Å². The molecule has 0 saturated heterocycles. The number of hydrogen-bond donors (Lipinski definition) is 1. The fourth-order valence-corrected chi connectivity index (χ4v) is 1.10. The number of benzene rings is 1. The second-order valence-electron chi connectivity index (χ2n) is 2.81. The largest absolute Gasteiger partial charge is 0.313 e. The lowest BCUT2D eigenvalue weighted by Crippen LogP contribution is -2.12. The van der Waals surface area contributed by atoms with Crippen molar-refractivity contribution in [3.05, 3.63) is 34.4 Å². The Morgan fingerprint density at radius 1 is 1.31 bits per heavy atom. The van der Waals surface area contributed by atoms with E-state index in [4.69, 9.17) is 11.6 Å². The van der Waals surface area contributed by atoms with Crippen LogP contribution in [0.25, 0.3) is 0 Å². The van der Waals surface area contributed by atoms with Crippen LogP contribution in [0.15, 0.2) is 12.1 Å². The Morgan fingerprint density at radius 2 is 1.77 bits per heavy atom. The average Bonchev–Trinajstić information content (AvgIpc) is 2.12.